The molecule has 1 aliphatic heterocycles. The van der Waals surface area contributed by atoms with Crippen LogP contribution in [0.4, 0.5) is 4.39 Å². The summed E-state index contributed by atoms with van der Waals surface area (Å²) in [5, 5.41) is 8.16. The average Bonchev–Trinajstić information content (AvgIpc) is 3.10. The van der Waals surface area contributed by atoms with Crippen molar-refractivity contribution in [2.45, 2.75) is 13.0 Å². The Hall–Kier alpha value is -2.58. The molecule has 0 radical (unpaired) electrons. The van der Waals surface area contributed by atoms with Crippen molar-refractivity contribution in [2.75, 3.05) is 19.7 Å². The van der Waals surface area contributed by atoms with E-state index in [1.807, 2.05) is 24.3 Å². The molecule has 1 aromatic heterocycles. The number of benzene rings is 2. The molecule has 1 unspecified atom stereocenters. The van der Waals surface area contributed by atoms with Gasteiger partial charge in [0.2, 0.25) is 0 Å². The van der Waals surface area contributed by atoms with Crippen LogP contribution in [0, 0.1) is 12.7 Å². The van der Waals surface area contributed by atoms with Crippen molar-refractivity contribution in [2.24, 2.45) is 0 Å². The lowest BCUT2D eigenvalue weighted by Crippen LogP contribution is -2.42. The predicted octanol–water partition coefficient (Wildman–Crippen LogP) is 3.69. The largest absolute Gasteiger partial charge is 0.370 e. The molecule has 1 aliphatic rings. The van der Waals surface area contributed by atoms with Crippen LogP contribution in [0.25, 0.3) is 5.69 Å². The van der Waals surface area contributed by atoms with Gasteiger partial charge in [0.15, 0.2) is 5.69 Å². The molecule has 6 nitrogen and oxygen atoms in total. The molecule has 0 saturated carbocycles. The summed E-state index contributed by atoms with van der Waals surface area (Å²) in [6.07, 6.45) is -0.182. The number of halogens is 2. The Labute approximate surface area is 170 Å². The molecule has 28 heavy (non-hydrogen) atoms. The van der Waals surface area contributed by atoms with Gasteiger partial charge in [-0.15, -0.1) is 5.10 Å². The number of carbonyl (C=O) groups excluding carboxylic acids is 1. The van der Waals surface area contributed by atoms with E-state index in [0.717, 1.165) is 10.0 Å². The van der Waals surface area contributed by atoms with Crippen LogP contribution in [0.5, 0.6) is 0 Å². The molecule has 2 aromatic carbocycles. The Morgan fingerprint density at radius 3 is 2.61 bits per heavy atom. The average molecular weight is 445 g/mol. The number of ether oxygens (including phenoxy) is 1. The zero-order valence-electron chi connectivity index (χ0n) is 15.2. The van der Waals surface area contributed by atoms with Crippen LogP contribution in [0.15, 0.2) is 53.0 Å². The van der Waals surface area contributed by atoms with Gasteiger partial charge in [0.05, 0.1) is 24.5 Å². The van der Waals surface area contributed by atoms with Crippen LogP contribution in [0.1, 0.15) is 27.8 Å². The maximum Gasteiger partial charge on any atom is 0.276 e. The second-order valence-corrected chi connectivity index (χ2v) is 7.49. The highest BCUT2D eigenvalue weighted by Crippen LogP contribution is 2.25. The molecule has 0 N–H and O–H groups in total. The van der Waals surface area contributed by atoms with E-state index in [4.69, 9.17) is 4.74 Å². The molecule has 0 bridgehead atoms. The van der Waals surface area contributed by atoms with E-state index in [1.54, 1.807) is 28.6 Å². The molecule has 3 aromatic rings. The molecule has 1 atom stereocenters. The first-order valence-corrected chi connectivity index (χ1v) is 9.67. The summed E-state index contributed by atoms with van der Waals surface area (Å²) in [5.74, 6) is -0.513. The predicted molar refractivity (Wildman–Crippen MR) is 105 cm³/mol. The normalized spacial score (nSPS) is 17.0. The van der Waals surface area contributed by atoms with Crippen molar-refractivity contribution in [3.8, 4) is 5.69 Å². The first kappa shape index (κ1) is 18.8. The Balaban J connectivity index is 1.54. The van der Waals surface area contributed by atoms with Crippen LogP contribution in [0.3, 0.4) is 0 Å². The molecular formula is C20H18BrFN4O2. The van der Waals surface area contributed by atoms with E-state index in [9.17, 15) is 9.18 Å². The molecule has 144 valence electrons. The van der Waals surface area contributed by atoms with Crippen LogP contribution in [-0.4, -0.2) is 45.5 Å². The number of amides is 1. The minimum absolute atomic E-state index is 0.182. The van der Waals surface area contributed by atoms with Gasteiger partial charge in [-0.1, -0.05) is 33.3 Å². The summed E-state index contributed by atoms with van der Waals surface area (Å²) in [6, 6.07) is 13.8. The van der Waals surface area contributed by atoms with Gasteiger partial charge in [-0.2, -0.15) is 0 Å². The first-order chi connectivity index (χ1) is 13.5. The highest BCUT2D eigenvalue weighted by atomic mass is 79.9. The Bertz CT molecular complexity index is 988. The van der Waals surface area contributed by atoms with Crippen LogP contribution >= 0.6 is 15.9 Å². The number of rotatable bonds is 3. The highest BCUT2D eigenvalue weighted by molar-refractivity contribution is 9.10. The maximum absolute atomic E-state index is 13.2. The van der Waals surface area contributed by atoms with Gasteiger partial charge in [0, 0.05) is 11.0 Å². The minimum Gasteiger partial charge on any atom is -0.370 e. The molecule has 1 amide bonds. The first-order valence-electron chi connectivity index (χ1n) is 8.87. The Morgan fingerprint density at radius 1 is 1.18 bits per heavy atom. The fourth-order valence-corrected chi connectivity index (χ4v) is 3.48. The van der Waals surface area contributed by atoms with Gasteiger partial charge in [-0.25, -0.2) is 9.07 Å². The van der Waals surface area contributed by atoms with Crippen molar-refractivity contribution < 1.29 is 13.9 Å². The van der Waals surface area contributed by atoms with Crippen molar-refractivity contribution in [3.63, 3.8) is 0 Å². The monoisotopic (exact) mass is 444 g/mol. The second-order valence-electron chi connectivity index (χ2n) is 6.57. The van der Waals surface area contributed by atoms with Crippen molar-refractivity contribution >= 4 is 21.8 Å². The topological polar surface area (TPSA) is 60.3 Å². The van der Waals surface area contributed by atoms with E-state index in [1.165, 1.54) is 12.1 Å². The zero-order valence-corrected chi connectivity index (χ0v) is 16.8. The lowest BCUT2D eigenvalue weighted by Gasteiger charge is -2.32. The quantitative estimate of drug-likeness (QED) is 0.617. The van der Waals surface area contributed by atoms with Crippen molar-refractivity contribution in [1.82, 2.24) is 19.9 Å². The minimum atomic E-state index is -0.329. The van der Waals surface area contributed by atoms with Crippen molar-refractivity contribution in [1.29, 1.82) is 0 Å². The standard InChI is InChI=1S/C20H18BrFN4O2/c1-13-19(23-24-26(13)17-8-6-16(22)7-9-17)20(27)25-10-11-28-18(12-25)14-2-4-15(21)5-3-14/h2-9,18H,10-12H2,1H3. The van der Waals surface area contributed by atoms with E-state index < -0.39 is 0 Å². The number of aromatic nitrogens is 3. The van der Waals surface area contributed by atoms with Crippen LogP contribution < -0.4 is 0 Å². The molecule has 8 heteroatoms. The summed E-state index contributed by atoms with van der Waals surface area (Å²) in [4.78, 5) is 14.8. The van der Waals surface area contributed by atoms with Gasteiger partial charge in [-0.3, -0.25) is 4.79 Å². The van der Waals surface area contributed by atoms with E-state index in [0.29, 0.717) is 36.8 Å². The highest BCUT2D eigenvalue weighted by Gasteiger charge is 2.29. The molecule has 0 aliphatic carbocycles. The van der Waals surface area contributed by atoms with E-state index >= 15 is 0 Å². The number of hydrogen-bond donors (Lipinski definition) is 0. The third-order valence-corrected chi connectivity index (χ3v) is 5.29. The van der Waals surface area contributed by atoms with Gasteiger partial charge in [0.25, 0.3) is 5.91 Å². The number of carbonyl (C=O) groups is 1. The van der Waals surface area contributed by atoms with Crippen molar-refractivity contribution in [3.05, 3.63) is 75.8 Å². The lowest BCUT2D eigenvalue weighted by atomic mass is 10.1. The summed E-state index contributed by atoms with van der Waals surface area (Å²) >= 11 is 3.42. The third kappa shape index (κ3) is 3.70. The fraction of sp³-hybridized carbons (Fsp3) is 0.250. The van der Waals surface area contributed by atoms with Crippen LogP contribution in [0.2, 0.25) is 0 Å². The smallest absolute Gasteiger partial charge is 0.276 e. The maximum atomic E-state index is 13.2. The number of morpholine rings is 1. The van der Waals surface area contributed by atoms with Gasteiger partial charge < -0.3 is 9.64 Å². The second kappa shape index (κ2) is 7.81. The molecular weight excluding hydrogens is 427 g/mol. The molecule has 1 fully saturated rings. The zero-order chi connectivity index (χ0) is 19.7. The third-order valence-electron chi connectivity index (χ3n) is 4.76. The Morgan fingerprint density at radius 2 is 1.89 bits per heavy atom. The molecule has 0 spiro atoms. The summed E-state index contributed by atoms with van der Waals surface area (Å²) in [6.45, 7) is 3.18. The molecule has 1 saturated heterocycles. The van der Waals surface area contributed by atoms with Gasteiger partial charge >= 0.3 is 0 Å². The summed E-state index contributed by atoms with van der Waals surface area (Å²) < 4.78 is 21.5. The number of nitrogens with zero attached hydrogens (tertiary/aromatic N) is 4. The summed E-state index contributed by atoms with van der Waals surface area (Å²) in [5.41, 5.74) is 2.58. The van der Waals surface area contributed by atoms with Gasteiger partial charge in [-0.05, 0) is 48.9 Å². The van der Waals surface area contributed by atoms with E-state index in [-0.39, 0.29) is 17.8 Å². The number of hydrogen-bond acceptors (Lipinski definition) is 4. The lowest BCUT2D eigenvalue weighted by molar-refractivity contribution is -0.0230. The Kier molecular flexibility index (Phi) is 5.23. The molecule has 2 heterocycles. The molecule has 4 rings (SSSR count). The van der Waals surface area contributed by atoms with E-state index in [2.05, 4.69) is 26.2 Å². The van der Waals surface area contributed by atoms with Crippen LogP contribution in [-0.2, 0) is 4.74 Å². The summed E-state index contributed by atoms with van der Waals surface area (Å²) in [7, 11) is 0. The van der Waals surface area contributed by atoms with Gasteiger partial charge in [0.1, 0.15) is 11.9 Å². The fourth-order valence-electron chi connectivity index (χ4n) is 3.22. The SMILES string of the molecule is Cc1c(C(=O)N2CCOC(c3ccc(Br)cc3)C2)nnn1-c1ccc(F)cc1.